The second-order valence-electron chi connectivity index (χ2n) is 5.18. The molecular weight excluding hydrogens is 366 g/mol. The minimum atomic E-state index is -3.80. The molecule has 25 heavy (non-hydrogen) atoms. The van der Waals surface area contributed by atoms with Crippen LogP contribution in [0.4, 0.5) is 0 Å². The summed E-state index contributed by atoms with van der Waals surface area (Å²) in [5.41, 5.74) is 0.758. The van der Waals surface area contributed by atoms with Crippen LogP contribution >= 0.6 is 11.6 Å². The molecule has 0 bridgehead atoms. The predicted octanol–water partition coefficient (Wildman–Crippen LogP) is 1.82. The molecule has 7 nitrogen and oxygen atoms in total. The summed E-state index contributed by atoms with van der Waals surface area (Å²) >= 11 is 5.90. The second-order valence-corrected chi connectivity index (χ2v) is 7.19. The van der Waals surface area contributed by atoms with E-state index in [2.05, 4.69) is 9.50 Å². The molecule has 2 aromatic carbocycles. The lowest BCUT2D eigenvalue weighted by Gasteiger charge is -2.17. The minimum Gasteiger partial charge on any atom is -0.507 e. The van der Waals surface area contributed by atoms with Crippen LogP contribution in [-0.2, 0) is 10.0 Å². The molecule has 9 heteroatoms. The van der Waals surface area contributed by atoms with Gasteiger partial charge in [0.15, 0.2) is 5.84 Å². The van der Waals surface area contributed by atoms with Crippen molar-refractivity contribution in [2.24, 2.45) is 9.50 Å². The van der Waals surface area contributed by atoms with Gasteiger partial charge in [0.1, 0.15) is 10.6 Å². The molecule has 0 amide bonds. The van der Waals surface area contributed by atoms with E-state index in [0.717, 1.165) is 0 Å². The Labute approximate surface area is 149 Å². The lowest BCUT2D eigenvalue weighted by atomic mass is 10.2. The van der Waals surface area contributed by atoms with E-state index in [1.807, 2.05) is 0 Å². The van der Waals surface area contributed by atoms with E-state index in [1.165, 1.54) is 35.5 Å². The molecule has 0 saturated carbocycles. The van der Waals surface area contributed by atoms with E-state index in [-0.39, 0.29) is 29.6 Å². The molecule has 3 rings (SSSR count). The van der Waals surface area contributed by atoms with Gasteiger partial charge in [0, 0.05) is 16.1 Å². The number of phenolic OH excluding ortho intramolecular Hbond substituents is 1. The summed E-state index contributed by atoms with van der Waals surface area (Å²) in [5, 5.41) is 25.0. The highest BCUT2D eigenvalue weighted by Crippen LogP contribution is 2.27. The molecule has 2 aromatic rings. The Morgan fingerprint density at radius 1 is 1.24 bits per heavy atom. The molecule has 1 heterocycles. The maximum absolute atomic E-state index is 12.2. The highest BCUT2D eigenvalue weighted by Gasteiger charge is 2.31. The van der Waals surface area contributed by atoms with Crippen molar-refractivity contribution in [3.8, 4) is 5.75 Å². The van der Waals surface area contributed by atoms with Gasteiger partial charge in [-0.25, -0.2) is 5.01 Å². The number of aliphatic hydroxyl groups is 1. The van der Waals surface area contributed by atoms with Gasteiger partial charge in [0.2, 0.25) is 0 Å². The number of hydrazone groups is 1. The third kappa shape index (κ3) is 3.51. The van der Waals surface area contributed by atoms with E-state index in [4.69, 9.17) is 11.6 Å². The Morgan fingerprint density at radius 2 is 2.00 bits per heavy atom. The number of nitrogens with zero attached hydrogens (tertiary/aromatic N) is 3. The summed E-state index contributed by atoms with van der Waals surface area (Å²) < 4.78 is 28.1. The Bertz CT molecular complexity index is 973. The van der Waals surface area contributed by atoms with Crippen LogP contribution in [0.5, 0.6) is 5.75 Å². The number of hydrogen-bond donors (Lipinski definition) is 2. The third-order valence-electron chi connectivity index (χ3n) is 3.49. The van der Waals surface area contributed by atoms with Crippen LogP contribution in [0.15, 0.2) is 56.9 Å². The number of fused-ring (bicyclic) bond motifs is 1. The van der Waals surface area contributed by atoms with Crippen molar-refractivity contribution in [1.82, 2.24) is 5.01 Å². The van der Waals surface area contributed by atoms with Gasteiger partial charge in [0.25, 0.3) is 10.0 Å². The summed E-state index contributed by atoms with van der Waals surface area (Å²) in [4.78, 5) is 0.0914. The fourth-order valence-corrected chi connectivity index (χ4v) is 3.74. The van der Waals surface area contributed by atoms with Gasteiger partial charge in [-0.3, -0.25) is 0 Å². The van der Waals surface area contributed by atoms with E-state index in [9.17, 15) is 18.6 Å². The largest absolute Gasteiger partial charge is 0.507 e. The summed E-state index contributed by atoms with van der Waals surface area (Å²) in [6, 6.07) is 10.9. The number of amidine groups is 1. The van der Waals surface area contributed by atoms with Crippen molar-refractivity contribution in [2.75, 3.05) is 13.2 Å². The number of sulfonamides is 1. The lowest BCUT2D eigenvalue weighted by molar-refractivity contribution is 0.254. The van der Waals surface area contributed by atoms with Crippen LogP contribution in [0, 0.1) is 0 Å². The highest BCUT2D eigenvalue weighted by atomic mass is 35.5. The van der Waals surface area contributed by atoms with Crippen LogP contribution in [0.3, 0.4) is 0 Å². The average Bonchev–Trinajstić information content (AvgIpc) is 2.86. The van der Waals surface area contributed by atoms with Gasteiger partial charge in [0.05, 0.1) is 19.4 Å². The number of benzene rings is 2. The first-order chi connectivity index (χ1) is 11.9. The number of rotatable bonds is 4. The molecular formula is C16H14ClN3O4S. The molecule has 0 aromatic heterocycles. The number of hydrogen-bond acceptors (Lipinski definition) is 6. The number of aliphatic hydroxyl groups excluding tert-OH is 1. The number of aromatic hydroxyl groups is 1. The molecule has 0 atom stereocenters. The molecule has 0 spiro atoms. The summed E-state index contributed by atoms with van der Waals surface area (Å²) in [7, 11) is -3.80. The molecule has 0 fully saturated rings. The van der Waals surface area contributed by atoms with Gasteiger partial charge in [-0.1, -0.05) is 23.7 Å². The smallest absolute Gasteiger partial charge is 0.285 e. The van der Waals surface area contributed by atoms with Crippen LogP contribution in [0.1, 0.15) is 11.1 Å². The Hall–Kier alpha value is -2.42. The van der Waals surface area contributed by atoms with Crippen LogP contribution in [0.25, 0.3) is 0 Å². The van der Waals surface area contributed by atoms with Crippen LogP contribution < -0.4 is 0 Å². The Kier molecular flexibility index (Phi) is 4.76. The van der Waals surface area contributed by atoms with Crippen LogP contribution in [-0.4, -0.2) is 48.8 Å². The van der Waals surface area contributed by atoms with Gasteiger partial charge >= 0.3 is 0 Å². The molecule has 0 aliphatic carbocycles. The van der Waals surface area contributed by atoms with E-state index >= 15 is 0 Å². The zero-order valence-corrected chi connectivity index (χ0v) is 14.4. The van der Waals surface area contributed by atoms with E-state index in [1.54, 1.807) is 18.2 Å². The van der Waals surface area contributed by atoms with Gasteiger partial charge < -0.3 is 10.2 Å². The van der Waals surface area contributed by atoms with Crippen molar-refractivity contribution >= 4 is 33.7 Å². The van der Waals surface area contributed by atoms with Crippen molar-refractivity contribution in [3.63, 3.8) is 0 Å². The van der Waals surface area contributed by atoms with Crippen molar-refractivity contribution < 1.29 is 18.6 Å². The normalized spacial score (nSPS) is 15.2. The first-order valence-electron chi connectivity index (χ1n) is 7.27. The topological polar surface area (TPSA) is 103 Å². The summed E-state index contributed by atoms with van der Waals surface area (Å²) in [6.45, 7) is -0.235. The monoisotopic (exact) mass is 379 g/mol. The zero-order valence-electron chi connectivity index (χ0n) is 12.9. The highest BCUT2D eigenvalue weighted by molar-refractivity contribution is 7.90. The standard InChI is InChI=1S/C16H14ClN3O4S/c17-12-5-6-14(22)11(9-12)10-18-20(7-8-21)16-13-3-1-2-4-15(13)25(23,24)19-16/h1-6,9-10,21-22H,7-8H2/b18-10+. The minimum absolute atomic E-state index is 0.0283. The van der Waals surface area contributed by atoms with Crippen LogP contribution in [0.2, 0.25) is 5.02 Å². The maximum Gasteiger partial charge on any atom is 0.285 e. The first-order valence-corrected chi connectivity index (χ1v) is 9.09. The van der Waals surface area contributed by atoms with Crippen molar-refractivity contribution in [3.05, 3.63) is 58.6 Å². The maximum atomic E-state index is 12.2. The zero-order chi connectivity index (χ0) is 18.0. The quantitative estimate of drug-likeness (QED) is 0.623. The fourth-order valence-electron chi connectivity index (χ4n) is 2.35. The Morgan fingerprint density at radius 3 is 2.76 bits per heavy atom. The summed E-state index contributed by atoms with van der Waals surface area (Å²) in [5.74, 6) is 0.0842. The molecule has 0 radical (unpaired) electrons. The fraction of sp³-hybridized carbons (Fsp3) is 0.125. The molecule has 1 aliphatic heterocycles. The van der Waals surface area contributed by atoms with Gasteiger partial charge in [-0.15, -0.1) is 4.40 Å². The second kappa shape index (κ2) is 6.83. The molecule has 0 saturated heterocycles. The van der Waals surface area contributed by atoms with Gasteiger partial charge in [-0.2, -0.15) is 13.5 Å². The van der Waals surface area contributed by atoms with Gasteiger partial charge in [-0.05, 0) is 30.3 Å². The SMILES string of the molecule is O=S1(=O)N=C(N(CCO)/N=C/c2cc(Cl)ccc2O)c2ccccc21. The lowest BCUT2D eigenvalue weighted by Crippen LogP contribution is -2.28. The molecule has 1 aliphatic rings. The number of halogens is 1. The molecule has 0 unspecified atom stereocenters. The predicted molar refractivity (Wildman–Crippen MR) is 94.7 cm³/mol. The van der Waals surface area contributed by atoms with Crippen molar-refractivity contribution in [1.29, 1.82) is 0 Å². The number of phenols is 1. The van der Waals surface area contributed by atoms with E-state index < -0.39 is 10.0 Å². The summed E-state index contributed by atoms with van der Waals surface area (Å²) in [6.07, 6.45) is 1.33. The van der Waals surface area contributed by atoms with Crippen molar-refractivity contribution in [2.45, 2.75) is 4.90 Å². The first kappa shape index (κ1) is 17.4. The average molecular weight is 380 g/mol. The molecule has 130 valence electrons. The third-order valence-corrected chi connectivity index (χ3v) is 5.05. The van der Waals surface area contributed by atoms with E-state index in [0.29, 0.717) is 16.1 Å². The Balaban J connectivity index is 2.00. The molecule has 2 N–H and O–H groups in total.